The van der Waals surface area contributed by atoms with Crippen molar-refractivity contribution in [2.75, 3.05) is 0 Å². The predicted molar refractivity (Wildman–Crippen MR) is 79.2 cm³/mol. The highest BCUT2D eigenvalue weighted by atomic mass is 35.5. The minimum atomic E-state index is -3.55. The Hall–Kier alpha value is -0.500. The molecule has 0 heterocycles. The van der Waals surface area contributed by atoms with Gasteiger partial charge in [0.25, 0.3) is 7.37 Å². The van der Waals surface area contributed by atoms with Gasteiger partial charge in [0, 0.05) is 20.7 Å². The van der Waals surface area contributed by atoms with Gasteiger partial charge in [-0.25, -0.2) is 0 Å². The molecule has 2 rings (SSSR count). The van der Waals surface area contributed by atoms with E-state index >= 15 is 0 Å². The van der Waals surface area contributed by atoms with E-state index in [4.69, 9.17) is 23.2 Å². The van der Waals surface area contributed by atoms with Crippen LogP contribution in [-0.4, -0.2) is 4.89 Å². The maximum Gasteiger partial charge on any atom is 0.258 e. The summed E-state index contributed by atoms with van der Waals surface area (Å²) in [6, 6.07) is 12.6. The molecule has 0 aliphatic carbocycles. The highest BCUT2D eigenvalue weighted by Crippen LogP contribution is 2.38. The van der Waals surface area contributed by atoms with Gasteiger partial charge in [0.1, 0.15) is 0 Å². The monoisotopic (exact) mass is 322 g/mol. The summed E-state index contributed by atoms with van der Waals surface area (Å²) in [7, 11) is -3.55. The number of rotatable bonds is 2. The Morgan fingerprint density at radius 2 is 1.06 bits per heavy atom. The summed E-state index contributed by atoms with van der Waals surface area (Å²) in [5.41, 5.74) is 0. The molecule has 6 heteroatoms. The molecule has 2 aromatic rings. The molecule has 0 aliphatic heterocycles. The molecule has 2 aromatic carbocycles. The van der Waals surface area contributed by atoms with Crippen molar-refractivity contribution in [1.82, 2.24) is 0 Å². The fraction of sp³-hybridized carbons (Fsp3) is 0. The Balaban J connectivity index is 0.00000162. The zero-order chi connectivity index (χ0) is 12.5. The van der Waals surface area contributed by atoms with Crippen LogP contribution in [0.2, 0.25) is 10.0 Å². The Bertz CT molecular complexity index is 517. The summed E-state index contributed by atoms with van der Waals surface area (Å²) >= 11 is 11.5. The molecule has 2 nitrogen and oxygen atoms in total. The lowest BCUT2D eigenvalue weighted by Crippen LogP contribution is -2.14. The van der Waals surface area contributed by atoms with Crippen LogP contribution < -0.4 is 10.6 Å². The van der Waals surface area contributed by atoms with E-state index in [0.717, 1.165) is 0 Å². The highest BCUT2D eigenvalue weighted by molar-refractivity contribution is 7.73. The van der Waals surface area contributed by atoms with Crippen molar-refractivity contribution >= 4 is 53.6 Å². The average molecular weight is 324 g/mol. The third kappa shape index (κ3) is 3.28. The van der Waals surface area contributed by atoms with E-state index < -0.39 is 7.37 Å². The summed E-state index contributed by atoms with van der Waals surface area (Å²) < 4.78 is 12.3. The zero-order valence-corrected chi connectivity index (χ0v) is 12.3. The van der Waals surface area contributed by atoms with Gasteiger partial charge >= 0.3 is 0 Å². The first-order valence-corrected chi connectivity index (χ1v) is 7.27. The van der Waals surface area contributed by atoms with Crippen molar-refractivity contribution in [2.45, 2.75) is 0 Å². The molecule has 0 atom stereocenters. The van der Waals surface area contributed by atoms with E-state index in [2.05, 4.69) is 0 Å². The fourth-order valence-corrected chi connectivity index (χ4v) is 3.09. The van der Waals surface area contributed by atoms with E-state index in [0.29, 0.717) is 20.7 Å². The molecule has 18 heavy (non-hydrogen) atoms. The summed E-state index contributed by atoms with van der Waals surface area (Å²) in [4.78, 5) is 10.1. The predicted octanol–water partition coefficient (Wildman–Crippen LogP) is 3.64. The highest BCUT2D eigenvalue weighted by Gasteiger charge is 2.23. The fourth-order valence-electron chi connectivity index (χ4n) is 1.44. The van der Waals surface area contributed by atoms with Crippen molar-refractivity contribution in [3.05, 3.63) is 58.6 Å². The second-order valence-electron chi connectivity index (χ2n) is 3.53. The lowest BCUT2D eigenvalue weighted by molar-refractivity contribution is 0.501. The summed E-state index contributed by atoms with van der Waals surface area (Å²) in [5, 5.41) is 1.77. The number of hydrogen-bond acceptors (Lipinski definition) is 1. The van der Waals surface area contributed by atoms with Crippen LogP contribution in [0, 0.1) is 0 Å². The summed E-state index contributed by atoms with van der Waals surface area (Å²) in [6.45, 7) is 0. The Labute approximate surface area is 121 Å². The molecule has 0 saturated carbocycles. The molecular weight excluding hydrogens is 313 g/mol. The van der Waals surface area contributed by atoms with Crippen LogP contribution in [0.15, 0.2) is 48.5 Å². The second kappa shape index (κ2) is 6.10. The van der Waals surface area contributed by atoms with Crippen LogP contribution in [0.25, 0.3) is 0 Å². The van der Waals surface area contributed by atoms with Gasteiger partial charge in [-0.3, -0.25) is 4.57 Å². The lowest BCUT2D eigenvalue weighted by atomic mass is 10.4. The number of hydrogen-bond donors (Lipinski definition) is 1. The zero-order valence-electron chi connectivity index (χ0n) is 9.09. The van der Waals surface area contributed by atoms with Crippen LogP contribution >= 0.6 is 43.0 Å². The molecule has 0 saturated heterocycles. The summed E-state index contributed by atoms with van der Waals surface area (Å²) in [5.74, 6) is 0. The molecule has 0 bridgehead atoms. The van der Waals surface area contributed by atoms with Crippen molar-refractivity contribution < 1.29 is 9.46 Å². The van der Waals surface area contributed by atoms with Crippen molar-refractivity contribution in [3.8, 4) is 0 Å². The van der Waals surface area contributed by atoms with Crippen molar-refractivity contribution in [2.24, 2.45) is 0 Å². The van der Waals surface area contributed by atoms with Crippen molar-refractivity contribution in [3.63, 3.8) is 0 Å². The maximum absolute atomic E-state index is 12.3. The molecule has 0 radical (unpaired) electrons. The first-order valence-electron chi connectivity index (χ1n) is 4.85. The molecule has 0 spiro atoms. The van der Waals surface area contributed by atoms with Gasteiger partial charge in [0.05, 0.1) is 0 Å². The normalized spacial score (nSPS) is 10.8. The molecule has 96 valence electrons. The third-order valence-electron chi connectivity index (χ3n) is 2.35. The van der Waals surface area contributed by atoms with E-state index in [-0.39, 0.29) is 12.4 Å². The smallest absolute Gasteiger partial charge is 0.258 e. The molecule has 0 amide bonds. The number of benzene rings is 2. The van der Waals surface area contributed by atoms with Gasteiger partial charge in [-0.1, -0.05) is 23.2 Å². The molecule has 0 aliphatic rings. The quantitative estimate of drug-likeness (QED) is 0.857. The average Bonchev–Trinajstić information content (AvgIpc) is 2.30. The van der Waals surface area contributed by atoms with Crippen molar-refractivity contribution in [1.29, 1.82) is 0 Å². The molecule has 1 N–H and O–H groups in total. The molecule has 0 unspecified atom stereocenters. The Kier molecular flexibility index (Phi) is 5.27. The minimum absolute atomic E-state index is 0. The van der Waals surface area contributed by atoms with Gasteiger partial charge < -0.3 is 4.89 Å². The second-order valence-corrected chi connectivity index (χ2v) is 6.59. The van der Waals surface area contributed by atoms with Crippen LogP contribution in [0.4, 0.5) is 0 Å². The Morgan fingerprint density at radius 3 is 1.33 bits per heavy atom. The van der Waals surface area contributed by atoms with Gasteiger partial charge in [0.2, 0.25) is 0 Å². The van der Waals surface area contributed by atoms with E-state index in [1.807, 2.05) is 0 Å². The summed E-state index contributed by atoms with van der Waals surface area (Å²) in [6.07, 6.45) is 0. The largest absolute Gasteiger partial charge is 0.338 e. The van der Waals surface area contributed by atoms with Crippen LogP contribution in [0.1, 0.15) is 0 Å². The molecular formula is C12H10Cl3O2P. The van der Waals surface area contributed by atoms with Crippen LogP contribution in [0.5, 0.6) is 0 Å². The third-order valence-corrected chi connectivity index (χ3v) is 4.85. The maximum atomic E-state index is 12.3. The van der Waals surface area contributed by atoms with Gasteiger partial charge in [0.15, 0.2) is 0 Å². The SMILES string of the molecule is Cl.O=P(O)(c1ccc(Cl)cc1)c1ccc(Cl)cc1. The van der Waals surface area contributed by atoms with Gasteiger partial charge in [-0.05, 0) is 48.5 Å². The van der Waals surface area contributed by atoms with E-state index in [9.17, 15) is 9.46 Å². The van der Waals surface area contributed by atoms with Crippen LogP contribution in [0.3, 0.4) is 0 Å². The number of halogens is 3. The lowest BCUT2D eigenvalue weighted by Gasteiger charge is -2.12. The molecule has 0 aromatic heterocycles. The molecule has 0 fully saturated rings. The Morgan fingerprint density at radius 1 is 0.778 bits per heavy atom. The van der Waals surface area contributed by atoms with E-state index in [1.54, 1.807) is 48.5 Å². The van der Waals surface area contributed by atoms with Crippen LogP contribution in [-0.2, 0) is 4.57 Å². The standard InChI is InChI=1S/C12H9Cl2O2P.ClH/c13-9-1-5-11(6-2-9)17(15,16)12-7-3-10(14)4-8-12;/h1-8H,(H,15,16);1H. The minimum Gasteiger partial charge on any atom is -0.338 e. The first-order chi connectivity index (χ1) is 8.00. The van der Waals surface area contributed by atoms with Gasteiger partial charge in [-0.2, -0.15) is 0 Å². The first kappa shape index (κ1) is 15.6. The van der Waals surface area contributed by atoms with E-state index in [1.165, 1.54) is 0 Å². The van der Waals surface area contributed by atoms with Gasteiger partial charge in [-0.15, -0.1) is 12.4 Å². The topological polar surface area (TPSA) is 37.3 Å².